The van der Waals surface area contributed by atoms with Gasteiger partial charge in [-0.25, -0.2) is 0 Å². The molecule has 1 aromatic carbocycles. The van der Waals surface area contributed by atoms with Gasteiger partial charge in [0, 0.05) is 12.6 Å². The van der Waals surface area contributed by atoms with Gasteiger partial charge < -0.3 is 10.2 Å². The normalized spacial score (nSPS) is 26.2. The Balaban J connectivity index is 1.57. The van der Waals surface area contributed by atoms with Gasteiger partial charge in [-0.2, -0.15) is 0 Å². The lowest BCUT2D eigenvalue weighted by Crippen LogP contribution is -2.37. The fourth-order valence-electron chi connectivity index (χ4n) is 3.36. The quantitative estimate of drug-likeness (QED) is 0.765. The summed E-state index contributed by atoms with van der Waals surface area (Å²) in [5.41, 5.74) is 1.41. The molecule has 0 aromatic heterocycles. The van der Waals surface area contributed by atoms with Gasteiger partial charge >= 0.3 is 0 Å². The van der Waals surface area contributed by atoms with Crippen LogP contribution in [0.25, 0.3) is 0 Å². The zero-order valence-corrected chi connectivity index (χ0v) is 14.0. The molecule has 0 aliphatic heterocycles. The van der Waals surface area contributed by atoms with Crippen molar-refractivity contribution < 1.29 is 0 Å². The fraction of sp³-hybridized carbons (Fsp3) is 0.684. The lowest BCUT2D eigenvalue weighted by molar-refractivity contribution is 0.223. The molecular formula is C19H32N2. The van der Waals surface area contributed by atoms with Crippen LogP contribution in [0.2, 0.25) is 0 Å². The summed E-state index contributed by atoms with van der Waals surface area (Å²) in [5.74, 6) is 1.80. The summed E-state index contributed by atoms with van der Waals surface area (Å²) >= 11 is 0. The van der Waals surface area contributed by atoms with Crippen LogP contribution in [0.15, 0.2) is 30.3 Å². The van der Waals surface area contributed by atoms with Crippen molar-refractivity contribution in [3.8, 4) is 0 Å². The van der Waals surface area contributed by atoms with E-state index in [1.165, 1.54) is 37.8 Å². The van der Waals surface area contributed by atoms with Crippen LogP contribution in [-0.4, -0.2) is 31.1 Å². The molecule has 0 heterocycles. The van der Waals surface area contributed by atoms with Crippen LogP contribution < -0.4 is 5.32 Å². The van der Waals surface area contributed by atoms with Gasteiger partial charge in [0.15, 0.2) is 0 Å². The fourth-order valence-corrected chi connectivity index (χ4v) is 3.36. The zero-order valence-electron chi connectivity index (χ0n) is 14.0. The maximum absolute atomic E-state index is 3.77. The van der Waals surface area contributed by atoms with Gasteiger partial charge in [0.25, 0.3) is 0 Å². The highest BCUT2D eigenvalue weighted by Crippen LogP contribution is 2.29. The van der Waals surface area contributed by atoms with Crippen molar-refractivity contribution in [2.24, 2.45) is 11.8 Å². The Kier molecular flexibility index (Phi) is 6.72. The van der Waals surface area contributed by atoms with Crippen molar-refractivity contribution in [3.05, 3.63) is 35.9 Å². The first-order valence-electron chi connectivity index (χ1n) is 8.61. The maximum Gasteiger partial charge on any atom is 0.0230 e. The molecule has 1 saturated carbocycles. The number of nitrogens with one attached hydrogen (secondary N) is 1. The molecule has 1 aromatic rings. The van der Waals surface area contributed by atoms with Crippen LogP contribution >= 0.6 is 0 Å². The minimum atomic E-state index is 0.760. The van der Waals surface area contributed by atoms with E-state index in [1.54, 1.807) is 0 Å². The summed E-state index contributed by atoms with van der Waals surface area (Å²) in [6.45, 7) is 8.19. The Morgan fingerprint density at radius 1 is 1.10 bits per heavy atom. The molecule has 0 amide bonds. The lowest BCUT2D eigenvalue weighted by Gasteiger charge is -2.32. The SMILES string of the molecule is CC1CCC(NCCCN(C)Cc2ccccc2)CC1C. The lowest BCUT2D eigenvalue weighted by atomic mass is 9.79. The molecule has 1 N–H and O–H groups in total. The molecule has 0 saturated heterocycles. The number of benzene rings is 1. The zero-order chi connectivity index (χ0) is 15.1. The number of rotatable bonds is 7. The largest absolute Gasteiger partial charge is 0.314 e. The van der Waals surface area contributed by atoms with E-state index < -0.39 is 0 Å². The van der Waals surface area contributed by atoms with Crippen LogP contribution in [0.3, 0.4) is 0 Å². The Morgan fingerprint density at radius 3 is 2.57 bits per heavy atom. The third kappa shape index (κ3) is 5.80. The van der Waals surface area contributed by atoms with Gasteiger partial charge in [0.2, 0.25) is 0 Å². The first-order chi connectivity index (χ1) is 10.1. The molecular weight excluding hydrogens is 256 g/mol. The highest BCUT2D eigenvalue weighted by atomic mass is 15.1. The van der Waals surface area contributed by atoms with Crippen molar-refractivity contribution in [1.29, 1.82) is 0 Å². The second-order valence-corrected chi connectivity index (χ2v) is 7.00. The second kappa shape index (κ2) is 8.55. The van der Waals surface area contributed by atoms with E-state index in [9.17, 15) is 0 Å². The smallest absolute Gasteiger partial charge is 0.0230 e. The standard InChI is InChI=1S/C19H32N2/c1-16-10-11-19(14-17(16)2)20-12-7-13-21(3)15-18-8-5-4-6-9-18/h4-6,8-9,16-17,19-20H,7,10-15H2,1-3H3. The van der Waals surface area contributed by atoms with Crippen molar-refractivity contribution in [1.82, 2.24) is 10.2 Å². The average Bonchev–Trinajstić information content (AvgIpc) is 2.48. The van der Waals surface area contributed by atoms with Gasteiger partial charge in [-0.1, -0.05) is 44.2 Å². The predicted molar refractivity (Wildman–Crippen MR) is 91.4 cm³/mol. The Labute approximate surface area is 130 Å². The van der Waals surface area contributed by atoms with Gasteiger partial charge in [-0.15, -0.1) is 0 Å². The van der Waals surface area contributed by atoms with E-state index in [1.807, 2.05) is 0 Å². The van der Waals surface area contributed by atoms with E-state index in [2.05, 4.69) is 61.4 Å². The average molecular weight is 288 g/mol. The molecule has 1 aliphatic carbocycles. The molecule has 1 fully saturated rings. The summed E-state index contributed by atoms with van der Waals surface area (Å²) in [6, 6.07) is 11.5. The summed E-state index contributed by atoms with van der Waals surface area (Å²) in [7, 11) is 2.22. The molecule has 3 atom stereocenters. The number of nitrogens with zero attached hydrogens (tertiary/aromatic N) is 1. The van der Waals surface area contributed by atoms with Crippen molar-refractivity contribution in [3.63, 3.8) is 0 Å². The van der Waals surface area contributed by atoms with Gasteiger partial charge in [-0.05, 0) is 63.2 Å². The van der Waals surface area contributed by atoms with Crippen molar-refractivity contribution in [2.75, 3.05) is 20.1 Å². The molecule has 2 nitrogen and oxygen atoms in total. The van der Waals surface area contributed by atoms with Crippen molar-refractivity contribution >= 4 is 0 Å². The molecule has 1 aliphatic rings. The Bertz CT molecular complexity index is 390. The molecule has 118 valence electrons. The van der Waals surface area contributed by atoms with Crippen LogP contribution in [0, 0.1) is 11.8 Å². The molecule has 0 bridgehead atoms. The minimum absolute atomic E-state index is 0.760. The highest BCUT2D eigenvalue weighted by Gasteiger charge is 2.23. The molecule has 0 spiro atoms. The summed E-state index contributed by atoms with van der Waals surface area (Å²) in [6.07, 6.45) is 5.36. The minimum Gasteiger partial charge on any atom is -0.314 e. The number of hydrogen-bond acceptors (Lipinski definition) is 2. The third-order valence-corrected chi connectivity index (χ3v) is 5.04. The topological polar surface area (TPSA) is 15.3 Å². The summed E-state index contributed by atoms with van der Waals surface area (Å²) < 4.78 is 0. The second-order valence-electron chi connectivity index (χ2n) is 7.00. The van der Waals surface area contributed by atoms with Crippen molar-refractivity contribution in [2.45, 2.75) is 52.1 Å². The van der Waals surface area contributed by atoms with Gasteiger partial charge in [0.05, 0.1) is 0 Å². The van der Waals surface area contributed by atoms with Crippen LogP contribution in [-0.2, 0) is 6.54 Å². The molecule has 21 heavy (non-hydrogen) atoms. The Hall–Kier alpha value is -0.860. The van der Waals surface area contributed by atoms with Gasteiger partial charge in [-0.3, -0.25) is 0 Å². The Morgan fingerprint density at radius 2 is 1.86 bits per heavy atom. The third-order valence-electron chi connectivity index (χ3n) is 5.04. The monoisotopic (exact) mass is 288 g/mol. The van der Waals surface area contributed by atoms with E-state index >= 15 is 0 Å². The summed E-state index contributed by atoms with van der Waals surface area (Å²) in [5, 5.41) is 3.77. The number of hydrogen-bond donors (Lipinski definition) is 1. The molecule has 2 rings (SSSR count). The van der Waals surface area contributed by atoms with E-state index in [0.717, 1.165) is 31.0 Å². The first-order valence-corrected chi connectivity index (χ1v) is 8.61. The van der Waals surface area contributed by atoms with Crippen LogP contribution in [0.4, 0.5) is 0 Å². The van der Waals surface area contributed by atoms with Crippen LogP contribution in [0.5, 0.6) is 0 Å². The molecule has 2 heteroatoms. The van der Waals surface area contributed by atoms with E-state index in [4.69, 9.17) is 0 Å². The van der Waals surface area contributed by atoms with Gasteiger partial charge in [0.1, 0.15) is 0 Å². The molecule has 0 radical (unpaired) electrons. The van der Waals surface area contributed by atoms with E-state index in [0.29, 0.717) is 0 Å². The summed E-state index contributed by atoms with van der Waals surface area (Å²) in [4.78, 5) is 2.42. The highest BCUT2D eigenvalue weighted by molar-refractivity contribution is 5.14. The molecule has 3 unspecified atom stereocenters. The first kappa shape index (κ1) is 16.5. The van der Waals surface area contributed by atoms with E-state index in [-0.39, 0.29) is 0 Å². The maximum atomic E-state index is 3.77. The predicted octanol–water partition coefficient (Wildman–Crippen LogP) is 3.92. The van der Waals surface area contributed by atoms with Crippen LogP contribution in [0.1, 0.15) is 45.1 Å².